The van der Waals surface area contributed by atoms with E-state index in [0.717, 1.165) is 12.1 Å². The SMILES string of the molecule is N=C(N)c1c(F)cc(NC(=O)CCC(=O)N(CCO)c2cccc(N3CCOCC3=O)c2)cc1F. The van der Waals surface area contributed by atoms with Crippen LogP contribution in [0.25, 0.3) is 0 Å². The highest BCUT2D eigenvalue weighted by Crippen LogP contribution is 2.25. The molecule has 12 heteroatoms. The van der Waals surface area contributed by atoms with Crippen LogP contribution in [0.15, 0.2) is 36.4 Å². The van der Waals surface area contributed by atoms with Crippen molar-refractivity contribution in [2.75, 3.05) is 48.0 Å². The molecule has 0 spiro atoms. The number of benzene rings is 2. The lowest BCUT2D eigenvalue weighted by molar-refractivity contribution is -0.125. The van der Waals surface area contributed by atoms with Crippen molar-refractivity contribution >= 4 is 40.6 Å². The Bertz CT molecular complexity index is 1120. The van der Waals surface area contributed by atoms with E-state index in [1.807, 2.05) is 0 Å². The van der Waals surface area contributed by atoms with E-state index in [0.29, 0.717) is 24.5 Å². The van der Waals surface area contributed by atoms with Crippen molar-refractivity contribution in [3.63, 3.8) is 0 Å². The maximum Gasteiger partial charge on any atom is 0.253 e. The fourth-order valence-corrected chi connectivity index (χ4v) is 3.60. The Hall–Kier alpha value is -3.90. The Labute approximate surface area is 199 Å². The zero-order chi connectivity index (χ0) is 25.5. The summed E-state index contributed by atoms with van der Waals surface area (Å²) < 4.78 is 33.1. The van der Waals surface area contributed by atoms with E-state index in [4.69, 9.17) is 15.9 Å². The van der Waals surface area contributed by atoms with Crippen LogP contribution in [-0.2, 0) is 19.1 Å². The van der Waals surface area contributed by atoms with Gasteiger partial charge in [-0.25, -0.2) is 8.78 Å². The lowest BCUT2D eigenvalue weighted by Crippen LogP contribution is -2.41. The molecule has 0 bridgehead atoms. The third-order valence-electron chi connectivity index (χ3n) is 5.22. The molecule has 3 rings (SSSR count). The number of amidine groups is 1. The average molecular weight is 489 g/mol. The number of hydrogen-bond acceptors (Lipinski definition) is 6. The predicted molar refractivity (Wildman–Crippen MR) is 124 cm³/mol. The summed E-state index contributed by atoms with van der Waals surface area (Å²) in [6, 6.07) is 8.33. The van der Waals surface area contributed by atoms with Gasteiger partial charge in [0.15, 0.2) is 0 Å². The molecule has 0 radical (unpaired) electrons. The van der Waals surface area contributed by atoms with E-state index in [-0.39, 0.29) is 44.2 Å². The lowest BCUT2D eigenvalue weighted by Gasteiger charge is -2.28. The van der Waals surface area contributed by atoms with Gasteiger partial charge in [0.1, 0.15) is 24.1 Å². The van der Waals surface area contributed by atoms with E-state index in [9.17, 15) is 28.3 Å². The normalized spacial score (nSPS) is 13.5. The highest BCUT2D eigenvalue weighted by molar-refractivity contribution is 6.00. The van der Waals surface area contributed by atoms with Crippen molar-refractivity contribution in [2.45, 2.75) is 12.8 Å². The molecule has 35 heavy (non-hydrogen) atoms. The number of aliphatic hydroxyl groups excluding tert-OH is 1. The van der Waals surface area contributed by atoms with E-state index in [1.165, 1.54) is 9.80 Å². The summed E-state index contributed by atoms with van der Waals surface area (Å²) in [4.78, 5) is 40.1. The molecule has 1 saturated heterocycles. The number of carbonyl (C=O) groups is 3. The monoisotopic (exact) mass is 489 g/mol. The number of carbonyl (C=O) groups excluding carboxylic acids is 3. The van der Waals surface area contributed by atoms with Gasteiger partial charge in [-0.1, -0.05) is 6.07 Å². The molecule has 0 saturated carbocycles. The third kappa shape index (κ3) is 6.37. The van der Waals surface area contributed by atoms with Crippen LogP contribution in [0.5, 0.6) is 0 Å². The second-order valence-electron chi connectivity index (χ2n) is 7.66. The number of halogens is 2. The molecule has 1 aliphatic heterocycles. The lowest BCUT2D eigenvalue weighted by atomic mass is 10.1. The van der Waals surface area contributed by atoms with Crippen LogP contribution in [0.2, 0.25) is 0 Å². The van der Waals surface area contributed by atoms with Crippen molar-refractivity contribution in [1.29, 1.82) is 5.41 Å². The summed E-state index contributed by atoms with van der Waals surface area (Å²) >= 11 is 0. The van der Waals surface area contributed by atoms with E-state index in [2.05, 4.69) is 5.32 Å². The van der Waals surface area contributed by atoms with E-state index >= 15 is 0 Å². The maximum absolute atomic E-state index is 14.0. The fraction of sp³-hybridized carbons (Fsp3) is 0.304. The quantitative estimate of drug-likeness (QED) is 0.309. The molecule has 1 heterocycles. The number of amides is 3. The van der Waals surface area contributed by atoms with Gasteiger partial charge in [-0.05, 0) is 30.3 Å². The maximum atomic E-state index is 14.0. The summed E-state index contributed by atoms with van der Waals surface area (Å²) in [6.45, 7) is 0.341. The number of nitrogens with one attached hydrogen (secondary N) is 2. The predicted octanol–water partition coefficient (Wildman–Crippen LogP) is 1.36. The first-order chi connectivity index (χ1) is 16.7. The summed E-state index contributed by atoms with van der Waals surface area (Å²) in [5, 5.41) is 18.9. The first-order valence-corrected chi connectivity index (χ1v) is 10.7. The average Bonchev–Trinajstić information content (AvgIpc) is 2.80. The molecule has 1 aliphatic rings. The van der Waals surface area contributed by atoms with Crippen LogP contribution in [0.1, 0.15) is 18.4 Å². The smallest absolute Gasteiger partial charge is 0.253 e. The standard InChI is InChI=1S/C23H25F2N5O5/c24-17-10-14(11-18(25)22(17)23(26)27)28-19(32)4-5-20(33)29(6-8-31)15-2-1-3-16(12-15)30-7-9-35-13-21(30)34/h1-3,10-12,31H,4-9,13H2,(H3,26,27)(H,28,32). The first-order valence-electron chi connectivity index (χ1n) is 10.7. The van der Waals surface area contributed by atoms with Gasteiger partial charge in [0.2, 0.25) is 11.8 Å². The highest BCUT2D eigenvalue weighted by atomic mass is 19.1. The highest BCUT2D eigenvalue weighted by Gasteiger charge is 2.23. The van der Waals surface area contributed by atoms with Crippen LogP contribution in [0.3, 0.4) is 0 Å². The molecular weight excluding hydrogens is 464 g/mol. The Kier molecular flexibility index (Phi) is 8.44. The van der Waals surface area contributed by atoms with Crippen molar-refractivity contribution < 1.29 is 33.0 Å². The molecule has 186 valence electrons. The number of nitrogens with two attached hydrogens (primary N) is 1. The molecule has 10 nitrogen and oxygen atoms in total. The van der Waals surface area contributed by atoms with Crippen LogP contribution >= 0.6 is 0 Å². The zero-order valence-corrected chi connectivity index (χ0v) is 18.7. The van der Waals surface area contributed by atoms with Crippen molar-refractivity contribution in [3.8, 4) is 0 Å². The second kappa shape index (κ2) is 11.5. The van der Waals surface area contributed by atoms with Crippen molar-refractivity contribution in [3.05, 3.63) is 53.6 Å². The van der Waals surface area contributed by atoms with Crippen molar-refractivity contribution in [2.24, 2.45) is 5.73 Å². The molecule has 2 aromatic carbocycles. The molecule has 1 fully saturated rings. The minimum atomic E-state index is -1.10. The first kappa shape index (κ1) is 25.7. The Balaban J connectivity index is 1.66. The van der Waals surface area contributed by atoms with Gasteiger partial charge in [0, 0.05) is 43.0 Å². The molecule has 0 unspecified atom stereocenters. The van der Waals surface area contributed by atoms with Gasteiger partial charge in [0.25, 0.3) is 5.91 Å². The summed E-state index contributed by atoms with van der Waals surface area (Å²) in [5.74, 6) is -4.33. The molecule has 2 aromatic rings. The second-order valence-corrected chi connectivity index (χ2v) is 7.66. The number of nitrogen functional groups attached to an aromatic ring is 1. The summed E-state index contributed by atoms with van der Waals surface area (Å²) in [6.07, 6.45) is -0.539. The largest absolute Gasteiger partial charge is 0.395 e. The third-order valence-corrected chi connectivity index (χ3v) is 5.22. The minimum absolute atomic E-state index is 0.0378. The van der Waals surface area contributed by atoms with Gasteiger partial charge in [-0.2, -0.15) is 0 Å². The molecular formula is C23H25F2N5O5. The number of nitrogens with zero attached hydrogens (tertiary/aromatic N) is 2. The Morgan fingerprint density at radius 3 is 2.54 bits per heavy atom. The topological polar surface area (TPSA) is 149 Å². The van der Waals surface area contributed by atoms with Crippen LogP contribution in [0.4, 0.5) is 25.8 Å². The van der Waals surface area contributed by atoms with Gasteiger partial charge in [-0.15, -0.1) is 0 Å². The number of ether oxygens (including phenoxy) is 1. The molecule has 3 amide bonds. The number of aliphatic hydroxyl groups is 1. The summed E-state index contributed by atoms with van der Waals surface area (Å²) in [5.41, 5.74) is 5.27. The minimum Gasteiger partial charge on any atom is -0.395 e. The zero-order valence-electron chi connectivity index (χ0n) is 18.7. The van der Waals surface area contributed by atoms with Crippen LogP contribution in [0, 0.1) is 17.0 Å². The Morgan fingerprint density at radius 2 is 1.91 bits per heavy atom. The van der Waals surface area contributed by atoms with Gasteiger partial charge in [-0.3, -0.25) is 19.8 Å². The molecule has 0 aliphatic carbocycles. The van der Waals surface area contributed by atoms with E-state index in [1.54, 1.807) is 24.3 Å². The summed E-state index contributed by atoms with van der Waals surface area (Å²) in [7, 11) is 0. The number of hydrogen-bond donors (Lipinski definition) is 4. The van der Waals surface area contributed by atoms with Crippen molar-refractivity contribution in [1.82, 2.24) is 0 Å². The van der Waals surface area contributed by atoms with Crippen LogP contribution in [-0.4, -0.2) is 61.6 Å². The fourth-order valence-electron chi connectivity index (χ4n) is 3.60. The number of morpholine rings is 1. The Morgan fingerprint density at radius 1 is 1.20 bits per heavy atom. The van der Waals surface area contributed by atoms with Gasteiger partial charge < -0.3 is 30.7 Å². The van der Waals surface area contributed by atoms with Crippen LogP contribution < -0.4 is 20.9 Å². The molecule has 5 N–H and O–H groups in total. The van der Waals surface area contributed by atoms with Gasteiger partial charge >= 0.3 is 0 Å². The number of rotatable bonds is 9. The molecule has 0 atom stereocenters. The number of anilines is 3. The molecule has 0 aromatic heterocycles. The van der Waals surface area contributed by atoms with E-state index < -0.39 is 34.8 Å². The van der Waals surface area contributed by atoms with Gasteiger partial charge in [0.05, 0.1) is 18.8 Å².